The zero-order valence-electron chi connectivity index (χ0n) is 22.5. The van der Waals surface area contributed by atoms with Gasteiger partial charge in [-0.05, 0) is 61.2 Å². The average molecular weight is 517 g/mol. The molecule has 3 aromatic carbocycles. The van der Waals surface area contributed by atoms with Crippen LogP contribution in [0.3, 0.4) is 0 Å². The van der Waals surface area contributed by atoms with Crippen molar-refractivity contribution in [3.05, 3.63) is 131 Å². The number of benzene rings is 3. The molecule has 198 valence electrons. The maximum atomic E-state index is 12.8. The van der Waals surface area contributed by atoms with Gasteiger partial charge in [0.05, 0.1) is 5.69 Å². The highest BCUT2D eigenvalue weighted by atomic mass is 16.2. The number of rotatable bonds is 9. The third-order valence-corrected chi connectivity index (χ3v) is 7.22. The highest BCUT2D eigenvalue weighted by molar-refractivity contribution is 5.90. The molecule has 0 radical (unpaired) electrons. The van der Waals surface area contributed by atoms with Crippen LogP contribution in [0.1, 0.15) is 46.8 Å². The lowest BCUT2D eigenvalue weighted by molar-refractivity contribution is 0.247. The highest BCUT2D eigenvalue weighted by Gasteiger charge is 2.25. The summed E-state index contributed by atoms with van der Waals surface area (Å²) in [4.78, 5) is 19.9. The van der Waals surface area contributed by atoms with Gasteiger partial charge in [0.15, 0.2) is 0 Å². The first-order valence-corrected chi connectivity index (χ1v) is 13.7. The Bertz CT molecular complexity index is 1330. The number of urea groups is 1. The number of hydrogen-bond acceptors (Lipinski definition) is 3. The van der Waals surface area contributed by atoms with Crippen molar-refractivity contribution in [3.8, 4) is 0 Å². The van der Waals surface area contributed by atoms with Crippen molar-refractivity contribution in [2.75, 3.05) is 25.0 Å². The number of nitrogens with one attached hydrogen (secondary N) is 2. The van der Waals surface area contributed by atoms with Gasteiger partial charge in [-0.3, -0.25) is 4.98 Å². The zero-order chi connectivity index (χ0) is 26.9. The Morgan fingerprint density at radius 2 is 1.56 bits per heavy atom. The largest absolute Gasteiger partial charge is 0.334 e. The van der Waals surface area contributed by atoms with E-state index in [1.807, 2.05) is 61.5 Å². The molecule has 1 aliphatic heterocycles. The maximum absolute atomic E-state index is 12.8. The normalized spacial score (nSPS) is 15.6. The van der Waals surface area contributed by atoms with Gasteiger partial charge in [-0.15, -0.1) is 0 Å². The second kappa shape index (κ2) is 13.0. The van der Waals surface area contributed by atoms with Crippen molar-refractivity contribution in [2.24, 2.45) is 0 Å². The van der Waals surface area contributed by atoms with Crippen LogP contribution >= 0.6 is 0 Å². The van der Waals surface area contributed by atoms with E-state index in [1.54, 1.807) is 0 Å². The first-order chi connectivity index (χ1) is 19.1. The van der Waals surface area contributed by atoms with Gasteiger partial charge < -0.3 is 15.5 Å². The summed E-state index contributed by atoms with van der Waals surface area (Å²) in [6.07, 6.45) is 6.00. The molecule has 1 fully saturated rings. The van der Waals surface area contributed by atoms with Gasteiger partial charge in [0.25, 0.3) is 0 Å². The van der Waals surface area contributed by atoms with Crippen LogP contribution in [0, 0.1) is 6.92 Å². The van der Waals surface area contributed by atoms with E-state index in [0.717, 1.165) is 55.1 Å². The summed E-state index contributed by atoms with van der Waals surface area (Å²) in [6.45, 7) is 4.79. The molecule has 5 nitrogen and oxygen atoms in total. The van der Waals surface area contributed by atoms with E-state index in [0.29, 0.717) is 5.92 Å². The highest BCUT2D eigenvalue weighted by Crippen LogP contribution is 2.28. The van der Waals surface area contributed by atoms with Crippen LogP contribution < -0.4 is 10.6 Å². The van der Waals surface area contributed by atoms with Crippen LogP contribution in [-0.2, 0) is 0 Å². The summed E-state index contributed by atoms with van der Waals surface area (Å²) in [5, 5.41) is 6.19. The van der Waals surface area contributed by atoms with Crippen molar-refractivity contribution in [2.45, 2.75) is 31.7 Å². The number of carbonyl (C=O) groups is 1. The summed E-state index contributed by atoms with van der Waals surface area (Å²) < 4.78 is 0. The Kier molecular flexibility index (Phi) is 8.82. The number of hydrogen-bond donors (Lipinski definition) is 2. The van der Waals surface area contributed by atoms with Crippen molar-refractivity contribution in [1.82, 2.24) is 15.2 Å². The van der Waals surface area contributed by atoms with Crippen LogP contribution in [-0.4, -0.2) is 41.6 Å². The smallest absolute Gasteiger partial charge is 0.319 e. The van der Waals surface area contributed by atoms with E-state index in [1.165, 1.54) is 11.1 Å². The molecule has 0 spiro atoms. The minimum atomic E-state index is -0.170. The lowest BCUT2D eigenvalue weighted by atomic mass is 9.88. The van der Waals surface area contributed by atoms with E-state index in [-0.39, 0.29) is 12.1 Å². The molecule has 0 bridgehead atoms. The Morgan fingerprint density at radius 1 is 0.923 bits per heavy atom. The summed E-state index contributed by atoms with van der Waals surface area (Å²) in [5.74, 6) is 0.364. The summed E-state index contributed by atoms with van der Waals surface area (Å²) >= 11 is 0. The number of anilines is 1. The number of likely N-dealkylation sites (tertiary alicyclic amines) is 1. The Hall–Kier alpha value is -4.22. The molecule has 5 heteroatoms. The molecule has 5 rings (SSSR count). The lowest BCUT2D eigenvalue weighted by Crippen LogP contribution is -2.39. The monoisotopic (exact) mass is 516 g/mol. The summed E-state index contributed by atoms with van der Waals surface area (Å²) in [7, 11) is 0. The van der Waals surface area contributed by atoms with Gasteiger partial charge in [-0.2, -0.15) is 0 Å². The van der Waals surface area contributed by atoms with E-state index in [9.17, 15) is 4.79 Å². The minimum Gasteiger partial charge on any atom is -0.334 e. The molecule has 0 saturated carbocycles. The third kappa shape index (κ3) is 7.65. The molecule has 1 aromatic heterocycles. The van der Waals surface area contributed by atoms with Gasteiger partial charge in [0.2, 0.25) is 0 Å². The standard InChI is InChI=1S/C34H36N4O/c1-26-23-32(24-30(35-26)18-17-27-11-5-2-6-12-27)37-34(39)36-31-19-21-38(25-31)22-20-33(28-13-7-3-8-14-28)29-15-9-4-10-16-29/h2-18,23-24,31,33H,19-22,25H2,1H3,(H2,35,36,37,39). The van der Waals surface area contributed by atoms with Crippen molar-refractivity contribution in [3.63, 3.8) is 0 Å². The first-order valence-electron chi connectivity index (χ1n) is 13.7. The SMILES string of the molecule is Cc1cc(NC(=O)NC2CCN(CCC(c3ccccc3)c3ccccc3)C2)cc(C=Cc2ccccc2)n1. The van der Waals surface area contributed by atoms with Gasteiger partial charge in [0, 0.05) is 36.4 Å². The van der Waals surface area contributed by atoms with Gasteiger partial charge in [-0.1, -0.05) is 97.1 Å². The van der Waals surface area contributed by atoms with Crippen LogP contribution in [0.5, 0.6) is 0 Å². The van der Waals surface area contributed by atoms with Crippen LogP contribution in [0.4, 0.5) is 10.5 Å². The number of aryl methyl sites for hydroxylation is 1. The molecule has 1 saturated heterocycles. The fraction of sp³-hybridized carbons (Fsp3) is 0.235. The fourth-order valence-corrected chi connectivity index (χ4v) is 5.31. The van der Waals surface area contributed by atoms with Crippen LogP contribution in [0.15, 0.2) is 103 Å². The Morgan fingerprint density at radius 3 is 2.23 bits per heavy atom. The predicted octanol–water partition coefficient (Wildman–Crippen LogP) is 6.98. The third-order valence-electron chi connectivity index (χ3n) is 7.22. The molecule has 2 heterocycles. The molecule has 1 atom stereocenters. The van der Waals surface area contributed by atoms with Gasteiger partial charge in [-0.25, -0.2) is 4.79 Å². The zero-order valence-corrected chi connectivity index (χ0v) is 22.5. The maximum Gasteiger partial charge on any atom is 0.319 e. The van der Waals surface area contributed by atoms with Crippen LogP contribution in [0.2, 0.25) is 0 Å². The minimum absolute atomic E-state index is 0.136. The quantitative estimate of drug-likeness (QED) is 0.252. The molecule has 1 aliphatic rings. The summed E-state index contributed by atoms with van der Waals surface area (Å²) in [5.41, 5.74) is 6.23. The number of carbonyl (C=O) groups excluding carboxylic acids is 1. The first kappa shape index (κ1) is 26.4. The predicted molar refractivity (Wildman–Crippen MR) is 161 cm³/mol. The molecule has 4 aromatic rings. The topological polar surface area (TPSA) is 57.3 Å². The van der Waals surface area contributed by atoms with Crippen molar-refractivity contribution >= 4 is 23.9 Å². The molecule has 2 N–H and O–H groups in total. The number of pyridine rings is 1. The van der Waals surface area contributed by atoms with E-state index < -0.39 is 0 Å². The summed E-state index contributed by atoms with van der Waals surface area (Å²) in [6, 6.07) is 35.4. The molecular weight excluding hydrogens is 480 g/mol. The van der Waals surface area contributed by atoms with Gasteiger partial charge in [0.1, 0.15) is 0 Å². The van der Waals surface area contributed by atoms with Crippen LogP contribution in [0.25, 0.3) is 12.2 Å². The van der Waals surface area contributed by atoms with E-state index >= 15 is 0 Å². The van der Waals surface area contributed by atoms with Crippen molar-refractivity contribution < 1.29 is 4.79 Å². The molecule has 1 unspecified atom stereocenters. The second-order valence-electron chi connectivity index (χ2n) is 10.2. The Labute approximate surface area is 231 Å². The second-order valence-corrected chi connectivity index (χ2v) is 10.2. The molecule has 2 amide bonds. The Balaban J connectivity index is 1.14. The van der Waals surface area contributed by atoms with E-state index in [4.69, 9.17) is 0 Å². The lowest BCUT2D eigenvalue weighted by Gasteiger charge is -2.22. The number of aromatic nitrogens is 1. The molecule has 0 aliphatic carbocycles. The number of nitrogens with zero attached hydrogens (tertiary/aromatic N) is 2. The van der Waals surface area contributed by atoms with Gasteiger partial charge >= 0.3 is 6.03 Å². The number of amides is 2. The fourth-order valence-electron chi connectivity index (χ4n) is 5.31. The van der Waals surface area contributed by atoms with E-state index in [2.05, 4.69) is 81.2 Å². The molecular formula is C34H36N4O. The van der Waals surface area contributed by atoms with Crippen molar-refractivity contribution in [1.29, 1.82) is 0 Å². The molecule has 39 heavy (non-hydrogen) atoms. The average Bonchev–Trinajstić information content (AvgIpc) is 3.40.